The van der Waals surface area contributed by atoms with Crippen molar-refractivity contribution < 1.29 is 4.42 Å². The number of piperidine rings is 1. The fraction of sp³-hybridized carbons (Fsp3) is 0.273. The van der Waals surface area contributed by atoms with Crippen LogP contribution in [0.2, 0.25) is 0 Å². The molecule has 31 heavy (non-hydrogen) atoms. The minimum atomic E-state index is -0.0445. The van der Waals surface area contributed by atoms with Crippen LogP contribution in [-0.2, 0) is 7.05 Å². The molecule has 0 spiro atoms. The van der Waals surface area contributed by atoms with Gasteiger partial charge in [-0.25, -0.2) is 19.7 Å². The number of anilines is 1. The van der Waals surface area contributed by atoms with E-state index < -0.39 is 0 Å². The summed E-state index contributed by atoms with van der Waals surface area (Å²) in [5.74, 6) is 2.24. The number of fused-ring (bicyclic) bond motifs is 2. The summed E-state index contributed by atoms with van der Waals surface area (Å²) in [5.41, 5.74) is 3.33. The second-order valence-electron chi connectivity index (χ2n) is 7.88. The molecule has 0 aliphatic carbocycles. The monoisotopic (exact) mass is 415 g/mol. The highest BCUT2D eigenvalue weighted by Crippen LogP contribution is 2.31. The van der Waals surface area contributed by atoms with Crippen molar-refractivity contribution in [1.82, 2.24) is 29.1 Å². The first kappa shape index (κ1) is 17.9. The van der Waals surface area contributed by atoms with E-state index in [1.54, 1.807) is 12.6 Å². The Kier molecular flexibility index (Phi) is 3.95. The number of nitrogens with zero attached hydrogens (tertiary/aromatic N) is 6. The Balaban J connectivity index is 1.32. The zero-order valence-corrected chi connectivity index (χ0v) is 17.0. The number of hydrogen-bond donors (Lipinski definition) is 1. The summed E-state index contributed by atoms with van der Waals surface area (Å²) < 4.78 is 9.37. The molecule has 0 bridgehead atoms. The number of H-pyrrole nitrogens is 1. The van der Waals surface area contributed by atoms with Gasteiger partial charge in [-0.1, -0.05) is 12.1 Å². The highest BCUT2D eigenvalue weighted by Gasteiger charge is 2.27. The maximum Gasteiger partial charge on any atom is 0.326 e. The number of aromatic nitrogens is 6. The Morgan fingerprint density at radius 1 is 1.10 bits per heavy atom. The maximum atomic E-state index is 12.6. The molecule has 5 heterocycles. The van der Waals surface area contributed by atoms with Gasteiger partial charge in [-0.3, -0.25) is 4.57 Å². The second-order valence-corrected chi connectivity index (χ2v) is 7.88. The Bertz CT molecular complexity index is 1440. The number of rotatable bonds is 3. The predicted octanol–water partition coefficient (Wildman–Crippen LogP) is 3.11. The molecule has 1 fully saturated rings. The summed E-state index contributed by atoms with van der Waals surface area (Å²) in [6.45, 7) is 1.57. The Morgan fingerprint density at radius 2 is 1.94 bits per heavy atom. The van der Waals surface area contributed by atoms with E-state index in [2.05, 4.69) is 19.9 Å². The van der Waals surface area contributed by atoms with Crippen molar-refractivity contribution in [3.63, 3.8) is 0 Å². The molecule has 0 atom stereocenters. The quantitative estimate of drug-likeness (QED) is 0.486. The lowest BCUT2D eigenvalue weighted by atomic mass is 10.0. The molecule has 9 heteroatoms. The standard InChI is InChI=1S/C22H21N7O2/c1-27-19(17-7-4-12-31-17)26-18-20(27)23-13-24-21(18)28-10-8-14(9-11-28)29-16-6-3-2-5-15(16)25-22(29)30/h2-7,12-14H,8-11H2,1H3,(H,25,30). The van der Waals surface area contributed by atoms with E-state index >= 15 is 0 Å². The normalized spacial score (nSPS) is 15.3. The van der Waals surface area contributed by atoms with Crippen LogP contribution in [0.3, 0.4) is 0 Å². The van der Waals surface area contributed by atoms with Gasteiger partial charge in [0.05, 0.1) is 17.3 Å². The summed E-state index contributed by atoms with van der Waals surface area (Å²) in [5, 5.41) is 0. The molecule has 1 aliphatic rings. The summed E-state index contributed by atoms with van der Waals surface area (Å²) in [6, 6.07) is 11.7. The highest BCUT2D eigenvalue weighted by atomic mass is 16.3. The van der Waals surface area contributed by atoms with Crippen molar-refractivity contribution in [2.45, 2.75) is 18.9 Å². The molecule has 1 aromatic carbocycles. The van der Waals surface area contributed by atoms with Crippen molar-refractivity contribution in [1.29, 1.82) is 0 Å². The van der Waals surface area contributed by atoms with Gasteiger partial charge in [-0.2, -0.15) is 0 Å². The van der Waals surface area contributed by atoms with Crippen LogP contribution >= 0.6 is 0 Å². The number of imidazole rings is 2. The van der Waals surface area contributed by atoms with Gasteiger partial charge in [0, 0.05) is 26.2 Å². The van der Waals surface area contributed by atoms with E-state index in [4.69, 9.17) is 9.40 Å². The largest absolute Gasteiger partial charge is 0.461 e. The number of benzene rings is 1. The average molecular weight is 415 g/mol. The minimum Gasteiger partial charge on any atom is -0.461 e. The topological polar surface area (TPSA) is 97.8 Å². The average Bonchev–Trinajstić information content (AvgIpc) is 3.51. The predicted molar refractivity (Wildman–Crippen MR) is 117 cm³/mol. The molecule has 0 saturated carbocycles. The van der Waals surface area contributed by atoms with Crippen LogP contribution in [0, 0.1) is 0 Å². The lowest BCUT2D eigenvalue weighted by molar-refractivity contribution is 0.395. The number of hydrogen-bond acceptors (Lipinski definition) is 6. The Hall–Kier alpha value is -3.88. The van der Waals surface area contributed by atoms with Crippen molar-refractivity contribution in [2.75, 3.05) is 18.0 Å². The summed E-state index contributed by atoms with van der Waals surface area (Å²) in [6.07, 6.45) is 4.93. The van der Waals surface area contributed by atoms with Gasteiger partial charge < -0.3 is 18.9 Å². The molecule has 0 amide bonds. The van der Waals surface area contributed by atoms with Crippen molar-refractivity contribution >= 4 is 28.0 Å². The van der Waals surface area contributed by atoms with Gasteiger partial charge >= 0.3 is 5.69 Å². The SMILES string of the molecule is Cn1c(-c2ccco2)nc2c(N3CCC(n4c(=O)[nH]c5ccccc54)CC3)ncnc21. The molecular formula is C22H21N7O2. The van der Waals surface area contributed by atoms with E-state index in [1.807, 2.05) is 52.6 Å². The Labute approximate surface area is 177 Å². The lowest BCUT2D eigenvalue weighted by Gasteiger charge is -2.33. The molecule has 1 N–H and O–H groups in total. The van der Waals surface area contributed by atoms with E-state index in [0.29, 0.717) is 5.76 Å². The fourth-order valence-electron chi connectivity index (χ4n) is 4.62. The number of aromatic amines is 1. The van der Waals surface area contributed by atoms with Crippen LogP contribution in [0.25, 0.3) is 33.8 Å². The molecule has 156 valence electrons. The lowest BCUT2D eigenvalue weighted by Crippen LogP contribution is -2.37. The number of para-hydroxylation sites is 2. The first-order valence-corrected chi connectivity index (χ1v) is 10.4. The van der Waals surface area contributed by atoms with E-state index in [0.717, 1.165) is 59.8 Å². The molecule has 0 unspecified atom stereocenters. The molecule has 1 aliphatic heterocycles. The molecule has 0 radical (unpaired) electrons. The van der Waals surface area contributed by atoms with Gasteiger partial charge in [-0.05, 0) is 37.1 Å². The van der Waals surface area contributed by atoms with Gasteiger partial charge in [0.25, 0.3) is 0 Å². The van der Waals surface area contributed by atoms with Crippen LogP contribution in [0.15, 0.2) is 58.2 Å². The van der Waals surface area contributed by atoms with Crippen LogP contribution in [0.4, 0.5) is 5.82 Å². The van der Waals surface area contributed by atoms with E-state index in [-0.39, 0.29) is 11.7 Å². The second kappa shape index (κ2) is 6.83. The minimum absolute atomic E-state index is 0.0445. The molecule has 5 aromatic rings. The fourth-order valence-corrected chi connectivity index (χ4v) is 4.62. The zero-order valence-electron chi connectivity index (χ0n) is 17.0. The van der Waals surface area contributed by atoms with Gasteiger partial charge in [0.15, 0.2) is 28.6 Å². The molecule has 4 aromatic heterocycles. The summed E-state index contributed by atoms with van der Waals surface area (Å²) in [7, 11) is 1.93. The van der Waals surface area contributed by atoms with Gasteiger partial charge in [0.1, 0.15) is 6.33 Å². The van der Waals surface area contributed by atoms with Gasteiger partial charge in [0.2, 0.25) is 0 Å². The highest BCUT2D eigenvalue weighted by molar-refractivity contribution is 5.86. The van der Waals surface area contributed by atoms with E-state index in [9.17, 15) is 4.79 Å². The first-order chi connectivity index (χ1) is 15.2. The first-order valence-electron chi connectivity index (χ1n) is 10.4. The number of furan rings is 1. The number of aryl methyl sites for hydroxylation is 1. The van der Waals surface area contributed by atoms with Crippen LogP contribution in [0.1, 0.15) is 18.9 Å². The Morgan fingerprint density at radius 3 is 2.74 bits per heavy atom. The maximum absolute atomic E-state index is 12.6. The number of nitrogens with one attached hydrogen (secondary N) is 1. The zero-order chi connectivity index (χ0) is 20.9. The van der Waals surface area contributed by atoms with Crippen LogP contribution in [-0.4, -0.2) is 42.2 Å². The van der Waals surface area contributed by atoms with Crippen molar-refractivity contribution in [2.24, 2.45) is 7.05 Å². The van der Waals surface area contributed by atoms with Crippen molar-refractivity contribution in [3.8, 4) is 11.6 Å². The van der Waals surface area contributed by atoms with Crippen LogP contribution in [0.5, 0.6) is 0 Å². The smallest absolute Gasteiger partial charge is 0.326 e. The van der Waals surface area contributed by atoms with Crippen LogP contribution < -0.4 is 10.6 Å². The molecule has 6 rings (SSSR count). The van der Waals surface area contributed by atoms with Crippen molar-refractivity contribution in [3.05, 3.63) is 59.5 Å². The summed E-state index contributed by atoms with van der Waals surface area (Å²) in [4.78, 5) is 31.6. The van der Waals surface area contributed by atoms with E-state index in [1.165, 1.54) is 0 Å². The third kappa shape index (κ3) is 2.77. The van der Waals surface area contributed by atoms with Gasteiger partial charge in [-0.15, -0.1) is 0 Å². The third-order valence-corrected chi connectivity index (χ3v) is 6.13. The third-order valence-electron chi connectivity index (χ3n) is 6.13. The summed E-state index contributed by atoms with van der Waals surface area (Å²) >= 11 is 0. The molecule has 9 nitrogen and oxygen atoms in total. The molecular weight excluding hydrogens is 394 g/mol. The molecule has 1 saturated heterocycles.